The van der Waals surface area contributed by atoms with Gasteiger partial charge in [-0.25, -0.2) is 4.85 Å². The van der Waals surface area contributed by atoms with E-state index >= 15 is 13.2 Å². The van der Waals surface area contributed by atoms with E-state index in [4.69, 9.17) is 9.26 Å². The highest BCUT2D eigenvalue weighted by molar-refractivity contribution is 6.26. The van der Waals surface area contributed by atoms with Gasteiger partial charge in [0.05, 0.1) is 90.0 Å². The van der Waals surface area contributed by atoms with Crippen molar-refractivity contribution in [1.82, 2.24) is 18.3 Å². The molecule has 7 nitrogen and oxygen atoms in total. The van der Waals surface area contributed by atoms with Crippen LogP contribution >= 0.6 is 0 Å². The molecule has 0 amide bonds. The summed E-state index contributed by atoms with van der Waals surface area (Å²) in [6.45, 7) is 9.78. The van der Waals surface area contributed by atoms with E-state index in [-0.39, 0.29) is 16.8 Å². The van der Waals surface area contributed by atoms with Gasteiger partial charge in [-0.15, -0.1) is 0 Å². The Morgan fingerprint density at radius 3 is 1.34 bits per heavy atom. The van der Waals surface area contributed by atoms with Gasteiger partial charge in [-0.05, 0) is 77.9 Å². The largest absolute Gasteiger partial charge is 0.456 e. The monoisotopic (exact) mass is 1020 g/mol. The van der Waals surface area contributed by atoms with Crippen molar-refractivity contribution < 1.29 is 17.6 Å². The van der Waals surface area contributed by atoms with Gasteiger partial charge in [0, 0.05) is 48.5 Å². The third-order valence-corrected chi connectivity index (χ3v) is 16.0. The highest BCUT2D eigenvalue weighted by Gasteiger charge is 2.37. The molecule has 5 heterocycles. The molecule has 0 spiro atoms. The summed E-state index contributed by atoms with van der Waals surface area (Å²) in [5.41, 5.74) is 9.04. The Morgan fingerprint density at radius 2 is 0.835 bits per heavy atom. The number of para-hydroxylation sites is 7. The van der Waals surface area contributed by atoms with Crippen LogP contribution in [0.2, 0.25) is 0 Å². The Hall–Kier alpha value is -10.8. The van der Waals surface area contributed by atoms with E-state index in [0.29, 0.717) is 50.5 Å². The predicted molar refractivity (Wildman–Crippen MR) is 312 cm³/mol. The number of hydrogen-bond donors (Lipinski definition) is 0. The zero-order valence-corrected chi connectivity index (χ0v) is 41.6. The van der Waals surface area contributed by atoms with Crippen LogP contribution in [0.3, 0.4) is 0 Å². The third-order valence-electron chi connectivity index (χ3n) is 16.0. The molecule has 0 radical (unpaired) electrons. The maximum atomic E-state index is 15.2. The highest BCUT2D eigenvalue weighted by Crippen LogP contribution is 2.53. The number of rotatable bonds is 5. The second-order valence-corrected chi connectivity index (χ2v) is 20.0. The van der Waals surface area contributed by atoms with Crippen LogP contribution in [0.1, 0.15) is 11.1 Å². The molecule has 11 aromatic carbocycles. The molecule has 0 aliphatic carbocycles. The first-order valence-electron chi connectivity index (χ1n) is 25.8. The molecule has 16 rings (SSSR count). The molecule has 16 aromatic rings. The Labute approximate surface area is 447 Å². The molecule has 0 aliphatic rings. The van der Waals surface area contributed by atoms with Gasteiger partial charge < -0.3 is 22.7 Å². The summed E-state index contributed by atoms with van der Waals surface area (Å²) in [5, 5.41) is 21.4. The highest BCUT2D eigenvalue weighted by atomic mass is 19.4. The number of fused-ring (bicyclic) bond motifs is 16. The Bertz CT molecular complexity index is 5100. The lowest BCUT2D eigenvalue weighted by molar-refractivity contribution is -0.137. The maximum absolute atomic E-state index is 15.2. The van der Waals surface area contributed by atoms with Crippen LogP contribution in [-0.2, 0) is 6.18 Å². The van der Waals surface area contributed by atoms with Crippen LogP contribution < -0.4 is 0 Å². The first kappa shape index (κ1) is 44.5. The molecule has 0 saturated heterocycles. The smallest absolute Gasteiger partial charge is 0.417 e. The fraction of sp³-hybridized carbons (Fsp3) is 0.0145. The summed E-state index contributed by atoms with van der Waals surface area (Å²) in [5.74, 6) is 0. The third kappa shape index (κ3) is 6.05. The minimum Gasteiger partial charge on any atom is -0.456 e. The molecule has 370 valence electrons. The van der Waals surface area contributed by atoms with E-state index in [9.17, 15) is 11.8 Å². The molecule has 0 N–H and O–H groups in total. The number of halogens is 3. The lowest BCUT2D eigenvalue weighted by Gasteiger charge is -2.27. The zero-order valence-electron chi connectivity index (χ0n) is 41.6. The van der Waals surface area contributed by atoms with Crippen LogP contribution in [0.15, 0.2) is 229 Å². The van der Waals surface area contributed by atoms with Crippen molar-refractivity contribution in [2.75, 3.05) is 0 Å². The predicted octanol–water partition coefficient (Wildman–Crippen LogP) is 19.1. The lowest BCUT2D eigenvalue weighted by Crippen LogP contribution is -2.14. The summed E-state index contributed by atoms with van der Waals surface area (Å²) in [6, 6.07) is 74.5. The topological polar surface area (TPSA) is 61.0 Å². The van der Waals surface area contributed by atoms with Crippen molar-refractivity contribution >= 4 is 115 Å². The Balaban J connectivity index is 1.25. The molecule has 0 fully saturated rings. The molecule has 0 aliphatic heterocycles. The summed E-state index contributed by atoms with van der Waals surface area (Å²) in [6.07, 6.45) is -4.66. The van der Waals surface area contributed by atoms with Gasteiger partial charge in [0.1, 0.15) is 17.2 Å². The number of nitriles is 1. The molecular formula is C69H37F3N6O. The summed E-state index contributed by atoms with van der Waals surface area (Å²) < 4.78 is 60.9. The van der Waals surface area contributed by atoms with Crippen molar-refractivity contribution in [3.8, 4) is 39.9 Å². The summed E-state index contributed by atoms with van der Waals surface area (Å²) in [4.78, 5) is 4.69. The van der Waals surface area contributed by atoms with E-state index in [1.807, 2.05) is 133 Å². The molecule has 79 heavy (non-hydrogen) atoms. The Morgan fingerprint density at radius 1 is 0.405 bits per heavy atom. The summed E-state index contributed by atoms with van der Waals surface area (Å²) >= 11 is 0. The SMILES string of the molecule is [C-]#[N+]c1c(-n2c3ccccc3c3ccccc32)c(C#N)c(-n2c3ccccc3c3ccccc32)c(-n2c3cc(-c4ccccc4C(F)(F)F)ccc3c3ccc4oc5ccccc5c4c32)c1-n1c2ccccc2c2ccccc21. The second-order valence-electron chi connectivity index (χ2n) is 20.0. The average Bonchev–Trinajstić information content (AvgIpc) is 4.39. The van der Waals surface area contributed by atoms with Gasteiger partial charge in [0.2, 0.25) is 5.69 Å². The fourth-order valence-corrected chi connectivity index (χ4v) is 12.9. The van der Waals surface area contributed by atoms with Crippen molar-refractivity contribution in [3.05, 3.63) is 247 Å². The minimum absolute atomic E-state index is 0.0131. The minimum atomic E-state index is -4.66. The zero-order chi connectivity index (χ0) is 52.8. The molecule has 10 heteroatoms. The first-order valence-corrected chi connectivity index (χ1v) is 25.8. The van der Waals surface area contributed by atoms with E-state index in [1.165, 1.54) is 12.1 Å². The first-order chi connectivity index (χ1) is 38.8. The molecule has 0 atom stereocenters. The average molecular weight is 1020 g/mol. The van der Waals surface area contributed by atoms with Crippen LogP contribution in [0.4, 0.5) is 18.9 Å². The van der Waals surface area contributed by atoms with Gasteiger partial charge in [-0.3, -0.25) is 0 Å². The van der Waals surface area contributed by atoms with Gasteiger partial charge >= 0.3 is 6.18 Å². The van der Waals surface area contributed by atoms with Crippen molar-refractivity contribution in [2.24, 2.45) is 0 Å². The van der Waals surface area contributed by atoms with Crippen LogP contribution in [-0.4, -0.2) is 18.3 Å². The maximum Gasteiger partial charge on any atom is 0.417 e. The van der Waals surface area contributed by atoms with Crippen LogP contribution in [0.25, 0.3) is 148 Å². The van der Waals surface area contributed by atoms with Crippen molar-refractivity contribution in [2.45, 2.75) is 6.18 Å². The number of furan rings is 1. The van der Waals surface area contributed by atoms with Gasteiger partial charge in [0.15, 0.2) is 0 Å². The van der Waals surface area contributed by atoms with E-state index in [1.54, 1.807) is 12.1 Å². The van der Waals surface area contributed by atoms with Gasteiger partial charge in [-0.2, -0.15) is 18.4 Å². The molecule has 0 unspecified atom stereocenters. The molecule has 0 saturated carbocycles. The molecular weight excluding hydrogens is 986 g/mol. The normalized spacial score (nSPS) is 12.2. The van der Waals surface area contributed by atoms with Gasteiger partial charge in [-0.1, -0.05) is 158 Å². The second kappa shape index (κ2) is 16.3. The summed E-state index contributed by atoms with van der Waals surface area (Å²) in [7, 11) is 0. The number of benzene rings is 11. The molecule has 0 bridgehead atoms. The number of hydrogen-bond acceptors (Lipinski definition) is 2. The van der Waals surface area contributed by atoms with Crippen molar-refractivity contribution in [3.63, 3.8) is 0 Å². The Kier molecular flexibility index (Phi) is 9.20. The lowest BCUT2D eigenvalue weighted by atomic mass is 9.98. The van der Waals surface area contributed by atoms with Crippen LogP contribution in [0.5, 0.6) is 0 Å². The number of alkyl halides is 3. The van der Waals surface area contributed by atoms with E-state index in [0.717, 1.165) is 93.0 Å². The van der Waals surface area contributed by atoms with Gasteiger partial charge in [0.25, 0.3) is 0 Å². The molecule has 5 aromatic heterocycles. The quantitative estimate of drug-likeness (QED) is 0.161. The van der Waals surface area contributed by atoms with Crippen LogP contribution in [0, 0.1) is 17.9 Å². The van der Waals surface area contributed by atoms with Crippen molar-refractivity contribution in [1.29, 1.82) is 5.26 Å². The van der Waals surface area contributed by atoms with E-state index in [2.05, 4.69) is 85.0 Å². The fourth-order valence-electron chi connectivity index (χ4n) is 12.9. The standard InChI is InChI=1S/C69H37F3N6O/c1-74-63-65(75-53-27-11-3-19-42(53)43-20-4-12-28-54(43)75)51(39-73)66(76-55-29-13-5-21-44(55)45-22-6-14-30-56(45)76)68(67(63)77-57-31-15-7-23-46(57)47-24-8-16-32-58(47)77)78-59-38-40(41-18-2-10-26-52(41)69(70,71)72)34-35-48(59)49-36-37-61-62(64(49)78)50-25-9-17-33-60(50)79-61/h2-38H. The number of aromatic nitrogens is 4. The van der Waals surface area contributed by atoms with E-state index < -0.39 is 11.7 Å². The number of nitrogens with zero attached hydrogens (tertiary/aromatic N) is 6.